The molecule has 0 unspecified atom stereocenters. The van der Waals surface area contributed by atoms with Crippen molar-refractivity contribution in [2.45, 2.75) is 31.8 Å². The van der Waals surface area contributed by atoms with Crippen LogP contribution in [-0.4, -0.2) is 24.2 Å². The summed E-state index contributed by atoms with van der Waals surface area (Å²) in [6.45, 7) is 0. The van der Waals surface area contributed by atoms with E-state index in [0.29, 0.717) is 11.3 Å². The van der Waals surface area contributed by atoms with Crippen molar-refractivity contribution in [1.29, 1.82) is 0 Å². The number of rotatable bonds is 4. The van der Waals surface area contributed by atoms with E-state index in [1.165, 1.54) is 13.2 Å². The van der Waals surface area contributed by atoms with Crippen LogP contribution in [-0.2, 0) is 4.84 Å². The molecule has 18 heavy (non-hydrogen) atoms. The molecule has 0 saturated heterocycles. The maximum Gasteiger partial charge on any atom is 0.274 e. The van der Waals surface area contributed by atoms with Gasteiger partial charge < -0.3 is 9.84 Å². The molecular formula is C13H17NO4. The molecule has 5 heteroatoms. The molecule has 1 aliphatic carbocycles. The van der Waals surface area contributed by atoms with Crippen LogP contribution in [0, 0.1) is 0 Å². The third-order valence-electron chi connectivity index (χ3n) is 3.06. The van der Waals surface area contributed by atoms with Gasteiger partial charge in [-0.1, -0.05) is 12.8 Å². The van der Waals surface area contributed by atoms with Gasteiger partial charge in [-0.2, -0.15) is 0 Å². The summed E-state index contributed by atoms with van der Waals surface area (Å²) >= 11 is 0. The maximum absolute atomic E-state index is 11.8. The average Bonchev–Trinajstić information content (AvgIpc) is 2.89. The van der Waals surface area contributed by atoms with Gasteiger partial charge in [-0.3, -0.25) is 9.63 Å². The minimum atomic E-state index is -0.361. The minimum Gasteiger partial charge on any atom is -0.504 e. The Bertz CT molecular complexity index is 427. The van der Waals surface area contributed by atoms with E-state index in [-0.39, 0.29) is 17.8 Å². The highest BCUT2D eigenvalue weighted by Crippen LogP contribution is 2.26. The normalized spacial score (nSPS) is 15.6. The second-order valence-corrected chi connectivity index (χ2v) is 4.34. The number of hydroxylamine groups is 1. The molecule has 0 spiro atoms. The van der Waals surface area contributed by atoms with Crippen molar-refractivity contribution in [3.63, 3.8) is 0 Å². The lowest BCUT2D eigenvalue weighted by Gasteiger charge is -2.11. The second kappa shape index (κ2) is 5.73. The van der Waals surface area contributed by atoms with Gasteiger partial charge in [0.25, 0.3) is 5.91 Å². The number of aromatic hydroxyl groups is 1. The van der Waals surface area contributed by atoms with E-state index < -0.39 is 0 Å². The fourth-order valence-electron chi connectivity index (χ4n) is 2.03. The molecule has 0 radical (unpaired) electrons. The molecule has 0 aromatic heterocycles. The van der Waals surface area contributed by atoms with Crippen molar-refractivity contribution < 1.29 is 19.5 Å². The van der Waals surface area contributed by atoms with Crippen molar-refractivity contribution in [2.24, 2.45) is 0 Å². The summed E-state index contributed by atoms with van der Waals surface area (Å²) in [7, 11) is 1.46. The third kappa shape index (κ3) is 2.92. The van der Waals surface area contributed by atoms with Gasteiger partial charge in [0.05, 0.1) is 13.2 Å². The Hall–Kier alpha value is -1.75. The van der Waals surface area contributed by atoms with Gasteiger partial charge in [-0.25, -0.2) is 5.48 Å². The van der Waals surface area contributed by atoms with Crippen molar-refractivity contribution >= 4 is 5.91 Å². The van der Waals surface area contributed by atoms with Crippen LogP contribution in [0.15, 0.2) is 18.2 Å². The molecule has 2 N–H and O–H groups in total. The monoisotopic (exact) mass is 251 g/mol. The van der Waals surface area contributed by atoms with Gasteiger partial charge in [0.1, 0.15) is 0 Å². The Kier molecular flexibility index (Phi) is 4.04. The van der Waals surface area contributed by atoms with Gasteiger partial charge >= 0.3 is 0 Å². The molecule has 1 saturated carbocycles. The highest BCUT2D eigenvalue weighted by molar-refractivity contribution is 5.94. The SMILES string of the molecule is COc1ccc(C(=O)NOC2CCCC2)cc1O. The first kappa shape index (κ1) is 12.7. The first-order valence-corrected chi connectivity index (χ1v) is 6.03. The predicted molar refractivity (Wildman–Crippen MR) is 65.5 cm³/mol. The van der Waals surface area contributed by atoms with E-state index in [9.17, 15) is 9.90 Å². The lowest BCUT2D eigenvalue weighted by molar-refractivity contribution is -0.0125. The van der Waals surface area contributed by atoms with Gasteiger partial charge in [0.2, 0.25) is 0 Å². The number of carbonyl (C=O) groups excluding carboxylic acids is 1. The summed E-state index contributed by atoms with van der Waals surface area (Å²) in [6.07, 6.45) is 4.36. The van der Waals surface area contributed by atoms with E-state index >= 15 is 0 Å². The quantitative estimate of drug-likeness (QED) is 0.803. The number of benzene rings is 1. The Morgan fingerprint density at radius 1 is 1.39 bits per heavy atom. The van der Waals surface area contributed by atoms with E-state index in [4.69, 9.17) is 9.57 Å². The molecule has 2 rings (SSSR count). The number of phenols is 1. The Labute approximate surface area is 106 Å². The molecule has 1 fully saturated rings. The molecule has 1 aromatic rings. The first-order chi connectivity index (χ1) is 8.70. The minimum absolute atomic E-state index is 0.0639. The zero-order valence-electron chi connectivity index (χ0n) is 10.3. The maximum atomic E-state index is 11.8. The lowest BCUT2D eigenvalue weighted by atomic mass is 10.2. The molecule has 1 amide bonds. The fraction of sp³-hybridized carbons (Fsp3) is 0.462. The van der Waals surface area contributed by atoms with E-state index in [0.717, 1.165) is 25.7 Å². The highest BCUT2D eigenvalue weighted by atomic mass is 16.7. The van der Waals surface area contributed by atoms with Crippen LogP contribution in [0.4, 0.5) is 0 Å². The Morgan fingerprint density at radius 3 is 2.72 bits per heavy atom. The van der Waals surface area contributed by atoms with Gasteiger partial charge in [-0.05, 0) is 31.0 Å². The van der Waals surface area contributed by atoms with Crippen LogP contribution < -0.4 is 10.2 Å². The van der Waals surface area contributed by atoms with E-state index in [1.807, 2.05) is 0 Å². The van der Waals surface area contributed by atoms with E-state index in [2.05, 4.69) is 5.48 Å². The Morgan fingerprint density at radius 2 is 2.11 bits per heavy atom. The number of nitrogens with one attached hydrogen (secondary N) is 1. The van der Waals surface area contributed by atoms with Crippen molar-refractivity contribution in [3.8, 4) is 11.5 Å². The second-order valence-electron chi connectivity index (χ2n) is 4.34. The number of carbonyl (C=O) groups is 1. The molecule has 98 valence electrons. The van der Waals surface area contributed by atoms with Crippen molar-refractivity contribution in [1.82, 2.24) is 5.48 Å². The van der Waals surface area contributed by atoms with Crippen LogP contribution in [0.25, 0.3) is 0 Å². The van der Waals surface area contributed by atoms with Gasteiger partial charge in [-0.15, -0.1) is 0 Å². The molecule has 0 bridgehead atoms. The third-order valence-corrected chi connectivity index (χ3v) is 3.06. The lowest BCUT2D eigenvalue weighted by Crippen LogP contribution is -2.28. The van der Waals surface area contributed by atoms with E-state index in [1.54, 1.807) is 12.1 Å². The smallest absolute Gasteiger partial charge is 0.274 e. The number of amides is 1. The summed E-state index contributed by atoms with van der Waals surface area (Å²) in [4.78, 5) is 17.1. The molecule has 1 aliphatic rings. The molecule has 0 atom stereocenters. The van der Waals surface area contributed by atoms with Crippen molar-refractivity contribution in [2.75, 3.05) is 7.11 Å². The van der Waals surface area contributed by atoms with Crippen molar-refractivity contribution in [3.05, 3.63) is 23.8 Å². The molecule has 0 aliphatic heterocycles. The number of hydrogen-bond donors (Lipinski definition) is 2. The van der Waals surface area contributed by atoms with Crippen LogP contribution >= 0.6 is 0 Å². The van der Waals surface area contributed by atoms with Crippen LogP contribution in [0.1, 0.15) is 36.0 Å². The molecule has 0 heterocycles. The fourth-order valence-corrected chi connectivity index (χ4v) is 2.03. The van der Waals surface area contributed by atoms with Gasteiger partial charge in [0, 0.05) is 5.56 Å². The van der Waals surface area contributed by atoms with Crippen LogP contribution in [0.5, 0.6) is 11.5 Å². The summed E-state index contributed by atoms with van der Waals surface area (Å²) in [6, 6.07) is 4.47. The first-order valence-electron chi connectivity index (χ1n) is 6.03. The summed E-state index contributed by atoms with van der Waals surface area (Å²) in [5.41, 5.74) is 2.75. The topological polar surface area (TPSA) is 67.8 Å². The summed E-state index contributed by atoms with van der Waals surface area (Å²) in [5.74, 6) is -0.0888. The molecule has 5 nitrogen and oxygen atoms in total. The zero-order chi connectivity index (χ0) is 13.0. The number of methoxy groups -OCH3 is 1. The number of phenolic OH excluding ortho intramolecular Hbond substituents is 1. The van der Waals surface area contributed by atoms with Gasteiger partial charge in [0.15, 0.2) is 11.5 Å². The van der Waals surface area contributed by atoms with Crippen LogP contribution in [0.3, 0.4) is 0 Å². The zero-order valence-corrected chi connectivity index (χ0v) is 10.3. The highest BCUT2D eigenvalue weighted by Gasteiger charge is 2.17. The number of ether oxygens (including phenoxy) is 1. The number of hydrogen-bond acceptors (Lipinski definition) is 4. The Balaban J connectivity index is 1.93. The molecular weight excluding hydrogens is 234 g/mol. The average molecular weight is 251 g/mol. The summed E-state index contributed by atoms with van der Waals surface area (Å²) in [5, 5.41) is 9.57. The largest absolute Gasteiger partial charge is 0.504 e. The van der Waals surface area contributed by atoms with Crippen LogP contribution in [0.2, 0.25) is 0 Å². The standard InChI is InChI=1S/C13H17NO4/c1-17-12-7-6-9(8-11(12)15)13(16)14-18-10-4-2-3-5-10/h6-8,10,15H,2-5H2,1H3,(H,14,16). The molecule has 1 aromatic carbocycles. The summed E-state index contributed by atoms with van der Waals surface area (Å²) < 4.78 is 4.91. The predicted octanol–water partition coefficient (Wildman–Crippen LogP) is 2.00.